The SMILES string of the molecule is COc1cccc2c1CCc1c(-c3ccc(C)c(C)c3)nc(=O)[nH]c1-2. The van der Waals surface area contributed by atoms with Gasteiger partial charge in [0, 0.05) is 22.3 Å². The van der Waals surface area contributed by atoms with Crippen LogP contribution < -0.4 is 10.4 Å². The number of H-pyrrole nitrogens is 1. The number of aromatic nitrogens is 2. The van der Waals surface area contributed by atoms with Crippen molar-refractivity contribution in [3.05, 3.63) is 69.1 Å². The molecule has 1 heterocycles. The Bertz CT molecular complexity index is 1030. The number of hydrogen-bond donors (Lipinski definition) is 1. The summed E-state index contributed by atoms with van der Waals surface area (Å²) < 4.78 is 5.49. The standard InChI is InChI=1S/C21H20N2O2/c1-12-7-8-14(11-13(12)2)19-17-10-9-15-16(5-4-6-18(15)25-3)20(17)23-21(24)22-19/h4-8,11H,9-10H2,1-3H3,(H,22,23,24). The number of aromatic amines is 1. The Morgan fingerprint density at radius 1 is 1.04 bits per heavy atom. The molecule has 126 valence electrons. The van der Waals surface area contributed by atoms with E-state index in [0.717, 1.165) is 52.2 Å². The molecule has 1 aliphatic carbocycles. The molecule has 1 aromatic heterocycles. The van der Waals surface area contributed by atoms with E-state index in [1.807, 2.05) is 24.3 Å². The average Bonchev–Trinajstić information content (AvgIpc) is 2.62. The summed E-state index contributed by atoms with van der Waals surface area (Å²) in [4.78, 5) is 19.5. The van der Waals surface area contributed by atoms with Gasteiger partial charge in [0.25, 0.3) is 0 Å². The van der Waals surface area contributed by atoms with Crippen molar-refractivity contribution in [1.82, 2.24) is 9.97 Å². The van der Waals surface area contributed by atoms with Crippen LogP contribution >= 0.6 is 0 Å². The van der Waals surface area contributed by atoms with Crippen LogP contribution in [-0.4, -0.2) is 17.1 Å². The predicted octanol–water partition coefficient (Wildman–Crippen LogP) is 3.83. The Kier molecular flexibility index (Phi) is 3.68. The van der Waals surface area contributed by atoms with Crippen molar-refractivity contribution >= 4 is 0 Å². The van der Waals surface area contributed by atoms with E-state index in [0.29, 0.717) is 0 Å². The summed E-state index contributed by atoms with van der Waals surface area (Å²) in [7, 11) is 1.68. The van der Waals surface area contributed by atoms with Gasteiger partial charge in [-0.25, -0.2) is 4.79 Å². The molecule has 0 saturated heterocycles. The highest BCUT2D eigenvalue weighted by atomic mass is 16.5. The van der Waals surface area contributed by atoms with Crippen molar-refractivity contribution in [2.24, 2.45) is 0 Å². The van der Waals surface area contributed by atoms with Gasteiger partial charge in [-0.2, -0.15) is 4.98 Å². The van der Waals surface area contributed by atoms with Gasteiger partial charge in [-0.15, -0.1) is 0 Å². The summed E-state index contributed by atoms with van der Waals surface area (Å²) in [6.45, 7) is 4.17. The molecule has 0 bridgehead atoms. The third-order valence-electron chi connectivity index (χ3n) is 5.06. The second-order valence-electron chi connectivity index (χ2n) is 6.53. The molecule has 1 aliphatic rings. The lowest BCUT2D eigenvalue weighted by Crippen LogP contribution is -2.19. The normalized spacial score (nSPS) is 12.4. The fourth-order valence-corrected chi connectivity index (χ4v) is 3.60. The fourth-order valence-electron chi connectivity index (χ4n) is 3.60. The van der Waals surface area contributed by atoms with Crippen molar-refractivity contribution in [2.45, 2.75) is 26.7 Å². The summed E-state index contributed by atoms with van der Waals surface area (Å²) in [5.74, 6) is 0.869. The van der Waals surface area contributed by atoms with Gasteiger partial charge in [0.1, 0.15) is 5.75 Å². The van der Waals surface area contributed by atoms with Crippen LogP contribution in [0.2, 0.25) is 0 Å². The van der Waals surface area contributed by atoms with Crippen LogP contribution in [0.4, 0.5) is 0 Å². The first-order valence-electron chi connectivity index (χ1n) is 8.45. The van der Waals surface area contributed by atoms with E-state index in [2.05, 4.69) is 35.9 Å². The Balaban J connectivity index is 1.97. The number of benzene rings is 2. The highest BCUT2D eigenvalue weighted by Gasteiger charge is 2.24. The first-order chi connectivity index (χ1) is 12.1. The molecule has 3 aromatic rings. The Morgan fingerprint density at radius 2 is 1.84 bits per heavy atom. The van der Waals surface area contributed by atoms with E-state index in [-0.39, 0.29) is 5.69 Å². The van der Waals surface area contributed by atoms with Gasteiger partial charge in [-0.3, -0.25) is 0 Å². The van der Waals surface area contributed by atoms with Gasteiger partial charge in [-0.1, -0.05) is 24.3 Å². The summed E-state index contributed by atoms with van der Waals surface area (Å²) in [6, 6.07) is 12.2. The lowest BCUT2D eigenvalue weighted by atomic mass is 9.86. The van der Waals surface area contributed by atoms with Crippen molar-refractivity contribution < 1.29 is 4.74 Å². The van der Waals surface area contributed by atoms with Gasteiger partial charge < -0.3 is 9.72 Å². The quantitative estimate of drug-likeness (QED) is 0.776. The van der Waals surface area contributed by atoms with Crippen LogP contribution in [0.3, 0.4) is 0 Å². The van der Waals surface area contributed by atoms with E-state index < -0.39 is 0 Å². The van der Waals surface area contributed by atoms with Crippen molar-refractivity contribution in [3.63, 3.8) is 0 Å². The lowest BCUT2D eigenvalue weighted by Gasteiger charge is -2.23. The van der Waals surface area contributed by atoms with Gasteiger partial charge in [0.2, 0.25) is 0 Å². The maximum Gasteiger partial charge on any atom is 0.345 e. The molecular weight excluding hydrogens is 312 g/mol. The highest BCUT2D eigenvalue weighted by Crippen LogP contribution is 2.39. The number of hydrogen-bond acceptors (Lipinski definition) is 3. The highest BCUT2D eigenvalue weighted by molar-refractivity contribution is 5.78. The Labute approximate surface area is 146 Å². The lowest BCUT2D eigenvalue weighted by molar-refractivity contribution is 0.409. The number of aryl methyl sites for hydroxylation is 2. The zero-order chi connectivity index (χ0) is 17.6. The van der Waals surface area contributed by atoms with Crippen molar-refractivity contribution in [2.75, 3.05) is 7.11 Å². The van der Waals surface area contributed by atoms with Crippen LogP contribution in [0.25, 0.3) is 22.5 Å². The number of rotatable bonds is 2. The average molecular weight is 332 g/mol. The summed E-state index contributed by atoms with van der Waals surface area (Å²) in [6.07, 6.45) is 1.70. The second-order valence-corrected chi connectivity index (χ2v) is 6.53. The smallest absolute Gasteiger partial charge is 0.345 e. The van der Waals surface area contributed by atoms with Gasteiger partial charge in [-0.05, 0) is 49.9 Å². The van der Waals surface area contributed by atoms with Crippen molar-refractivity contribution in [1.29, 1.82) is 0 Å². The van der Waals surface area contributed by atoms with Crippen LogP contribution in [-0.2, 0) is 12.8 Å². The molecule has 0 radical (unpaired) electrons. The largest absolute Gasteiger partial charge is 0.496 e. The number of nitrogens with one attached hydrogen (secondary N) is 1. The molecule has 0 atom stereocenters. The van der Waals surface area contributed by atoms with Gasteiger partial charge in [0.15, 0.2) is 0 Å². The predicted molar refractivity (Wildman–Crippen MR) is 99.2 cm³/mol. The summed E-state index contributed by atoms with van der Waals surface area (Å²) >= 11 is 0. The maximum absolute atomic E-state index is 12.3. The van der Waals surface area contributed by atoms with Gasteiger partial charge >= 0.3 is 5.69 Å². The minimum Gasteiger partial charge on any atom is -0.496 e. The molecule has 0 unspecified atom stereocenters. The summed E-state index contributed by atoms with van der Waals surface area (Å²) in [5.41, 5.74) is 8.05. The third-order valence-corrected chi connectivity index (χ3v) is 5.06. The first-order valence-corrected chi connectivity index (χ1v) is 8.45. The van der Waals surface area contributed by atoms with Crippen LogP contribution in [0, 0.1) is 13.8 Å². The molecule has 0 fully saturated rings. The number of nitrogens with zero attached hydrogens (tertiary/aromatic N) is 1. The Hall–Kier alpha value is -2.88. The van der Waals surface area contributed by atoms with Crippen molar-refractivity contribution in [3.8, 4) is 28.3 Å². The molecule has 4 rings (SSSR count). The van der Waals surface area contributed by atoms with E-state index in [9.17, 15) is 4.79 Å². The molecule has 1 N–H and O–H groups in total. The zero-order valence-corrected chi connectivity index (χ0v) is 14.6. The van der Waals surface area contributed by atoms with Gasteiger partial charge in [0.05, 0.1) is 18.5 Å². The second kappa shape index (κ2) is 5.88. The van der Waals surface area contributed by atoms with E-state index in [4.69, 9.17) is 4.74 Å². The zero-order valence-electron chi connectivity index (χ0n) is 14.6. The topological polar surface area (TPSA) is 55.0 Å². The first kappa shape index (κ1) is 15.6. The minimum absolute atomic E-state index is 0.317. The molecule has 2 aromatic carbocycles. The molecule has 4 nitrogen and oxygen atoms in total. The van der Waals surface area contributed by atoms with Crippen LogP contribution in [0.15, 0.2) is 41.2 Å². The van der Waals surface area contributed by atoms with Crippen LogP contribution in [0.1, 0.15) is 22.3 Å². The molecule has 25 heavy (non-hydrogen) atoms. The van der Waals surface area contributed by atoms with E-state index in [1.165, 1.54) is 11.1 Å². The summed E-state index contributed by atoms with van der Waals surface area (Å²) in [5, 5.41) is 0. The molecule has 0 aliphatic heterocycles. The molecule has 0 spiro atoms. The van der Waals surface area contributed by atoms with E-state index >= 15 is 0 Å². The van der Waals surface area contributed by atoms with Crippen LogP contribution in [0.5, 0.6) is 5.75 Å². The fraction of sp³-hybridized carbons (Fsp3) is 0.238. The third kappa shape index (κ3) is 2.54. The minimum atomic E-state index is -0.317. The number of fused-ring (bicyclic) bond motifs is 3. The molecular formula is C21H20N2O2. The molecule has 0 saturated carbocycles. The maximum atomic E-state index is 12.3. The Morgan fingerprint density at radius 3 is 2.60 bits per heavy atom. The molecule has 4 heteroatoms. The monoisotopic (exact) mass is 332 g/mol. The number of ether oxygens (including phenoxy) is 1. The number of methoxy groups -OCH3 is 1. The van der Waals surface area contributed by atoms with E-state index in [1.54, 1.807) is 7.11 Å². The molecule has 0 amide bonds.